The molecule has 3 nitrogen and oxygen atoms in total. The lowest BCUT2D eigenvalue weighted by Crippen LogP contribution is -2.46. The van der Waals surface area contributed by atoms with Gasteiger partial charge in [0, 0.05) is 6.42 Å². The highest BCUT2D eigenvalue weighted by molar-refractivity contribution is 5.83. The number of hydrogen-bond acceptors (Lipinski definition) is 3. The summed E-state index contributed by atoms with van der Waals surface area (Å²) in [5.74, 6) is 0.463. The van der Waals surface area contributed by atoms with Crippen molar-refractivity contribution in [2.24, 2.45) is 5.10 Å². The number of rotatable bonds is 2. The summed E-state index contributed by atoms with van der Waals surface area (Å²) in [5.41, 5.74) is 2.54. The molecule has 1 N–H and O–H groups in total. The van der Waals surface area contributed by atoms with Crippen molar-refractivity contribution in [3.05, 3.63) is 0 Å². The SMILES string of the molecule is CC.CCC1=NNCN1C(C)C(F)(F)F. The summed E-state index contributed by atoms with van der Waals surface area (Å²) >= 11 is 0. The Labute approximate surface area is 88.3 Å². The number of amidine groups is 1. The zero-order valence-corrected chi connectivity index (χ0v) is 9.52. The molecule has 1 aliphatic heterocycles. The van der Waals surface area contributed by atoms with Gasteiger partial charge in [-0.15, -0.1) is 0 Å². The maximum atomic E-state index is 12.3. The second kappa shape index (κ2) is 5.82. The lowest BCUT2D eigenvalue weighted by atomic mass is 10.2. The predicted molar refractivity (Wildman–Crippen MR) is 54.4 cm³/mol. The molecule has 0 aromatic heterocycles. The van der Waals surface area contributed by atoms with E-state index in [9.17, 15) is 13.2 Å². The molecule has 0 saturated carbocycles. The Morgan fingerprint density at radius 3 is 2.40 bits per heavy atom. The maximum Gasteiger partial charge on any atom is 0.408 e. The van der Waals surface area contributed by atoms with E-state index in [-0.39, 0.29) is 6.67 Å². The summed E-state index contributed by atoms with van der Waals surface area (Å²) in [6.45, 7) is 7.06. The van der Waals surface area contributed by atoms with Crippen LogP contribution in [0.15, 0.2) is 5.10 Å². The van der Waals surface area contributed by atoms with Crippen LogP contribution in [-0.4, -0.2) is 29.6 Å². The zero-order chi connectivity index (χ0) is 12.1. The third-order valence-electron chi connectivity index (χ3n) is 2.04. The highest BCUT2D eigenvalue weighted by Gasteiger charge is 2.41. The van der Waals surface area contributed by atoms with Crippen LogP contribution in [0.3, 0.4) is 0 Å². The molecule has 0 aromatic carbocycles. The van der Waals surface area contributed by atoms with E-state index in [1.54, 1.807) is 6.92 Å². The number of alkyl halides is 3. The van der Waals surface area contributed by atoms with Gasteiger partial charge in [-0.2, -0.15) is 18.3 Å². The van der Waals surface area contributed by atoms with Gasteiger partial charge in [0.05, 0.1) is 0 Å². The van der Waals surface area contributed by atoms with Crippen LogP contribution in [0.5, 0.6) is 0 Å². The van der Waals surface area contributed by atoms with E-state index in [0.717, 1.165) is 6.92 Å². The largest absolute Gasteiger partial charge is 0.408 e. The van der Waals surface area contributed by atoms with Crippen molar-refractivity contribution in [3.8, 4) is 0 Å². The standard InChI is InChI=1S/C7H12F3N3.C2H6/c1-3-6-12-11-4-13(6)5(2)7(8,9)10;1-2/h5,11H,3-4H2,1-2H3;1-2H3. The number of nitrogens with zero attached hydrogens (tertiary/aromatic N) is 2. The summed E-state index contributed by atoms with van der Waals surface area (Å²) < 4.78 is 36.9. The molecule has 1 rings (SSSR count). The molecule has 0 aliphatic carbocycles. The Kier molecular flexibility index (Phi) is 5.46. The lowest BCUT2D eigenvalue weighted by molar-refractivity contribution is -0.168. The van der Waals surface area contributed by atoms with E-state index in [2.05, 4.69) is 10.5 Å². The van der Waals surface area contributed by atoms with Crippen LogP contribution in [0.4, 0.5) is 13.2 Å². The van der Waals surface area contributed by atoms with Crippen molar-refractivity contribution in [3.63, 3.8) is 0 Å². The van der Waals surface area contributed by atoms with Crippen molar-refractivity contribution in [1.82, 2.24) is 10.3 Å². The zero-order valence-electron chi connectivity index (χ0n) is 9.52. The van der Waals surface area contributed by atoms with Gasteiger partial charge in [0.2, 0.25) is 0 Å². The molecular weight excluding hydrogens is 207 g/mol. The molecule has 0 spiro atoms. The number of halogens is 3. The molecular formula is C9H18F3N3. The number of hydrazone groups is 1. The Morgan fingerprint density at radius 1 is 1.47 bits per heavy atom. The van der Waals surface area contributed by atoms with Gasteiger partial charge >= 0.3 is 6.18 Å². The van der Waals surface area contributed by atoms with Gasteiger partial charge in [0.25, 0.3) is 0 Å². The first-order valence-electron chi connectivity index (χ1n) is 5.09. The minimum Gasteiger partial charge on any atom is -0.328 e. The van der Waals surface area contributed by atoms with Gasteiger partial charge in [0.15, 0.2) is 0 Å². The van der Waals surface area contributed by atoms with Crippen LogP contribution in [0.25, 0.3) is 0 Å². The first kappa shape index (κ1) is 14.1. The van der Waals surface area contributed by atoms with E-state index >= 15 is 0 Å². The minimum atomic E-state index is -4.19. The first-order chi connectivity index (χ1) is 6.96. The second-order valence-electron chi connectivity index (χ2n) is 2.89. The minimum absolute atomic E-state index is 0.143. The molecule has 0 saturated heterocycles. The fourth-order valence-corrected chi connectivity index (χ4v) is 1.18. The average molecular weight is 225 g/mol. The van der Waals surface area contributed by atoms with Crippen LogP contribution in [0.2, 0.25) is 0 Å². The molecule has 0 amide bonds. The van der Waals surface area contributed by atoms with Crippen LogP contribution in [0, 0.1) is 0 Å². The topological polar surface area (TPSA) is 27.6 Å². The highest BCUT2D eigenvalue weighted by Crippen LogP contribution is 2.25. The molecule has 0 fully saturated rings. The van der Waals surface area contributed by atoms with E-state index in [4.69, 9.17) is 0 Å². The van der Waals surface area contributed by atoms with Gasteiger partial charge in [-0.25, -0.2) is 0 Å². The fraction of sp³-hybridized carbons (Fsp3) is 0.889. The van der Waals surface area contributed by atoms with Crippen LogP contribution in [-0.2, 0) is 0 Å². The van der Waals surface area contributed by atoms with E-state index < -0.39 is 12.2 Å². The van der Waals surface area contributed by atoms with Crippen LogP contribution < -0.4 is 5.43 Å². The molecule has 1 unspecified atom stereocenters. The summed E-state index contributed by atoms with van der Waals surface area (Å²) in [5, 5.41) is 3.76. The summed E-state index contributed by atoms with van der Waals surface area (Å²) in [7, 11) is 0. The average Bonchev–Trinajstić information content (AvgIpc) is 2.65. The van der Waals surface area contributed by atoms with Crippen molar-refractivity contribution in [1.29, 1.82) is 0 Å². The van der Waals surface area contributed by atoms with E-state index in [1.807, 2.05) is 13.8 Å². The number of hydrogen-bond donors (Lipinski definition) is 1. The number of nitrogens with one attached hydrogen (secondary N) is 1. The Balaban J connectivity index is 0.000000921. The van der Waals surface area contributed by atoms with Crippen LogP contribution >= 0.6 is 0 Å². The third kappa shape index (κ3) is 3.60. The molecule has 1 aliphatic rings. The smallest absolute Gasteiger partial charge is 0.328 e. The van der Waals surface area contributed by atoms with E-state index in [0.29, 0.717) is 12.3 Å². The molecule has 0 bridgehead atoms. The summed E-state index contributed by atoms with van der Waals surface area (Å²) in [4.78, 5) is 1.22. The highest BCUT2D eigenvalue weighted by atomic mass is 19.4. The van der Waals surface area contributed by atoms with Crippen molar-refractivity contribution in [2.45, 2.75) is 46.3 Å². The quantitative estimate of drug-likeness (QED) is 0.782. The summed E-state index contributed by atoms with van der Waals surface area (Å²) in [6, 6.07) is -1.47. The lowest BCUT2D eigenvalue weighted by Gasteiger charge is -2.27. The second-order valence-corrected chi connectivity index (χ2v) is 2.89. The van der Waals surface area contributed by atoms with Gasteiger partial charge in [-0.1, -0.05) is 20.8 Å². The van der Waals surface area contributed by atoms with E-state index in [1.165, 1.54) is 4.90 Å². The van der Waals surface area contributed by atoms with Gasteiger partial charge < -0.3 is 4.90 Å². The fourth-order valence-electron chi connectivity index (χ4n) is 1.18. The van der Waals surface area contributed by atoms with Gasteiger partial charge in [-0.3, -0.25) is 5.43 Å². The van der Waals surface area contributed by atoms with Crippen LogP contribution in [0.1, 0.15) is 34.1 Å². The maximum absolute atomic E-state index is 12.3. The van der Waals surface area contributed by atoms with Crippen molar-refractivity contribution < 1.29 is 13.2 Å². The molecule has 6 heteroatoms. The Hall–Kier alpha value is -0.940. The first-order valence-corrected chi connectivity index (χ1v) is 5.09. The predicted octanol–water partition coefficient (Wildman–Crippen LogP) is 2.55. The monoisotopic (exact) mass is 225 g/mol. The molecule has 1 heterocycles. The Morgan fingerprint density at radius 2 is 2.00 bits per heavy atom. The van der Waals surface area contributed by atoms with Gasteiger partial charge in [-0.05, 0) is 6.92 Å². The molecule has 15 heavy (non-hydrogen) atoms. The Bertz CT molecular complexity index is 213. The summed E-state index contributed by atoms with van der Waals surface area (Å²) in [6.07, 6.45) is -3.69. The molecule has 0 aromatic rings. The van der Waals surface area contributed by atoms with Crippen molar-refractivity contribution in [2.75, 3.05) is 6.67 Å². The third-order valence-corrected chi connectivity index (χ3v) is 2.04. The normalized spacial score (nSPS) is 17.5. The molecule has 1 atom stereocenters. The molecule has 90 valence electrons. The molecule has 0 radical (unpaired) electrons. The van der Waals surface area contributed by atoms with Gasteiger partial charge in [0.1, 0.15) is 18.5 Å². The van der Waals surface area contributed by atoms with Crippen molar-refractivity contribution >= 4 is 5.84 Å².